The molecule has 0 saturated heterocycles. The summed E-state index contributed by atoms with van der Waals surface area (Å²) in [6.45, 7) is 8.83. The maximum atomic E-state index is 5.98. The van der Waals surface area contributed by atoms with Gasteiger partial charge in [-0.05, 0) is 39.0 Å². The summed E-state index contributed by atoms with van der Waals surface area (Å²) in [4.78, 5) is 6.82. The van der Waals surface area contributed by atoms with Gasteiger partial charge >= 0.3 is 0 Å². The third-order valence-electron chi connectivity index (χ3n) is 4.23. The molecule has 0 unspecified atom stereocenters. The van der Waals surface area contributed by atoms with Crippen molar-refractivity contribution >= 4 is 17.6 Å². The van der Waals surface area contributed by atoms with E-state index in [1.165, 1.54) is 5.56 Å². The molecule has 2 rings (SSSR count). The fraction of sp³-hybridized carbons (Fsp3) is 0.474. The van der Waals surface area contributed by atoms with E-state index >= 15 is 0 Å². The Morgan fingerprint density at radius 3 is 2.77 bits per heavy atom. The summed E-state index contributed by atoms with van der Waals surface area (Å²) in [6, 6.07) is 7.43. The van der Waals surface area contributed by atoms with Gasteiger partial charge in [-0.1, -0.05) is 17.7 Å². The van der Waals surface area contributed by atoms with Crippen LogP contribution in [0.15, 0.2) is 29.3 Å². The summed E-state index contributed by atoms with van der Waals surface area (Å²) in [7, 11) is 3.96. The molecule has 1 aromatic heterocycles. The lowest BCUT2D eigenvalue weighted by Crippen LogP contribution is -2.40. The number of nitrogens with one attached hydrogen (secondary N) is 1. The number of aromatic nitrogens is 2. The van der Waals surface area contributed by atoms with Crippen molar-refractivity contribution in [3.8, 4) is 5.75 Å². The van der Waals surface area contributed by atoms with Crippen LogP contribution in [-0.4, -0.2) is 47.4 Å². The highest BCUT2D eigenvalue weighted by molar-refractivity contribution is 6.30. The van der Waals surface area contributed by atoms with Crippen molar-refractivity contribution in [2.24, 2.45) is 12.0 Å². The minimum Gasteiger partial charge on any atom is -0.492 e. The number of likely N-dealkylation sites (N-methyl/N-ethyl adjacent to an activating group) is 1. The van der Waals surface area contributed by atoms with E-state index in [-0.39, 0.29) is 0 Å². The Hall–Kier alpha value is -2.21. The highest BCUT2D eigenvalue weighted by Crippen LogP contribution is 2.17. The summed E-state index contributed by atoms with van der Waals surface area (Å²) >= 11 is 5.98. The predicted molar refractivity (Wildman–Crippen MR) is 107 cm³/mol. The Morgan fingerprint density at radius 1 is 1.38 bits per heavy atom. The zero-order valence-electron chi connectivity index (χ0n) is 16.2. The van der Waals surface area contributed by atoms with Crippen LogP contribution in [0.2, 0.25) is 5.02 Å². The predicted octanol–water partition coefficient (Wildman–Crippen LogP) is 3.17. The molecule has 0 amide bonds. The molecular weight excluding hydrogens is 350 g/mol. The van der Waals surface area contributed by atoms with Crippen LogP contribution in [0, 0.1) is 13.8 Å². The minimum absolute atomic E-state index is 0.548. The van der Waals surface area contributed by atoms with E-state index in [0.717, 1.165) is 29.6 Å². The van der Waals surface area contributed by atoms with Gasteiger partial charge in [-0.3, -0.25) is 4.68 Å². The smallest absolute Gasteiger partial charge is 0.194 e. The van der Waals surface area contributed by atoms with Gasteiger partial charge in [0.05, 0.1) is 18.8 Å². The first-order valence-electron chi connectivity index (χ1n) is 8.79. The number of halogens is 1. The van der Waals surface area contributed by atoms with Crippen molar-refractivity contribution in [1.82, 2.24) is 20.0 Å². The number of nitrogens with zero attached hydrogens (tertiary/aromatic N) is 4. The summed E-state index contributed by atoms with van der Waals surface area (Å²) in [6.07, 6.45) is 0. The van der Waals surface area contributed by atoms with Crippen LogP contribution < -0.4 is 10.1 Å². The Labute approximate surface area is 160 Å². The molecule has 0 bridgehead atoms. The summed E-state index contributed by atoms with van der Waals surface area (Å²) in [5.41, 5.74) is 3.34. The molecule has 1 heterocycles. The summed E-state index contributed by atoms with van der Waals surface area (Å²) in [5, 5.41) is 8.45. The quantitative estimate of drug-likeness (QED) is 0.594. The first-order valence-corrected chi connectivity index (χ1v) is 9.17. The van der Waals surface area contributed by atoms with Crippen molar-refractivity contribution in [3.05, 3.63) is 46.2 Å². The maximum absolute atomic E-state index is 5.98. The molecule has 26 heavy (non-hydrogen) atoms. The van der Waals surface area contributed by atoms with Gasteiger partial charge in [-0.2, -0.15) is 5.10 Å². The number of aryl methyl sites for hydroxylation is 2. The van der Waals surface area contributed by atoms with Crippen LogP contribution in [0.1, 0.15) is 23.9 Å². The van der Waals surface area contributed by atoms with Gasteiger partial charge in [0, 0.05) is 36.9 Å². The number of hydrogen-bond donors (Lipinski definition) is 1. The lowest BCUT2D eigenvalue weighted by atomic mass is 10.2. The number of benzene rings is 1. The van der Waals surface area contributed by atoms with Crippen LogP contribution in [-0.2, 0) is 13.6 Å². The van der Waals surface area contributed by atoms with Gasteiger partial charge in [0.25, 0.3) is 0 Å². The molecule has 0 fully saturated rings. The van der Waals surface area contributed by atoms with Crippen molar-refractivity contribution in [2.75, 3.05) is 26.7 Å². The Kier molecular flexibility index (Phi) is 7.33. The second-order valence-electron chi connectivity index (χ2n) is 6.17. The second kappa shape index (κ2) is 9.48. The third-order valence-corrected chi connectivity index (χ3v) is 4.47. The van der Waals surface area contributed by atoms with E-state index in [9.17, 15) is 0 Å². The van der Waals surface area contributed by atoms with Gasteiger partial charge in [0.1, 0.15) is 12.4 Å². The van der Waals surface area contributed by atoms with Crippen molar-refractivity contribution in [2.45, 2.75) is 27.3 Å². The largest absolute Gasteiger partial charge is 0.492 e. The van der Waals surface area contributed by atoms with Gasteiger partial charge < -0.3 is 15.0 Å². The van der Waals surface area contributed by atoms with E-state index in [0.29, 0.717) is 24.7 Å². The number of rotatable bonds is 7. The monoisotopic (exact) mass is 377 g/mol. The van der Waals surface area contributed by atoms with Crippen molar-refractivity contribution < 1.29 is 4.74 Å². The number of hydrogen-bond acceptors (Lipinski definition) is 3. The molecule has 0 radical (unpaired) electrons. The molecule has 2 aromatic rings. The average molecular weight is 378 g/mol. The van der Waals surface area contributed by atoms with E-state index < -0.39 is 0 Å². The zero-order valence-corrected chi connectivity index (χ0v) is 17.0. The maximum Gasteiger partial charge on any atom is 0.194 e. The average Bonchev–Trinajstić information content (AvgIpc) is 2.84. The van der Waals surface area contributed by atoms with Crippen molar-refractivity contribution in [1.29, 1.82) is 0 Å². The highest BCUT2D eigenvalue weighted by Gasteiger charge is 2.11. The fourth-order valence-corrected chi connectivity index (χ4v) is 2.81. The van der Waals surface area contributed by atoms with Gasteiger partial charge in [-0.25, -0.2) is 4.99 Å². The lowest BCUT2D eigenvalue weighted by molar-refractivity contribution is 0.281. The van der Waals surface area contributed by atoms with E-state index in [1.807, 2.05) is 50.0 Å². The number of ether oxygens (including phenoxy) is 1. The zero-order chi connectivity index (χ0) is 19.1. The van der Waals surface area contributed by atoms with Crippen LogP contribution in [0.5, 0.6) is 5.75 Å². The molecule has 0 atom stereocenters. The number of guanidine groups is 1. The van der Waals surface area contributed by atoms with E-state index in [2.05, 4.69) is 29.2 Å². The standard InChI is InChI=1S/C19H28ClN5O/c1-6-21-19(22-13-18-14(2)23-25(5)15(18)3)24(4)10-11-26-17-9-7-8-16(20)12-17/h7-9,12H,6,10-11,13H2,1-5H3,(H,21,22). The molecule has 0 saturated carbocycles. The topological polar surface area (TPSA) is 54.7 Å². The van der Waals surface area contributed by atoms with Crippen LogP contribution in [0.3, 0.4) is 0 Å². The molecule has 0 aliphatic heterocycles. The minimum atomic E-state index is 0.548. The number of aliphatic imine (C=N–C) groups is 1. The molecular formula is C19H28ClN5O. The highest BCUT2D eigenvalue weighted by atomic mass is 35.5. The third kappa shape index (κ3) is 5.39. The van der Waals surface area contributed by atoms with Crippen LogP contribution in [0.25, 0.3) is 0 Å². The van der Waals surface area contributed by atoms with Crippen LogP contribution >= 0.6 is 11.6 Å². The molecule has 7 heteroatoms. The first-order chi connectivity index (χ1) is 12.4. The molecule has 0 aliphatic carbocycles. The Bertz CT molecular complexity index is 756. The van der Waals surface area contributed by atoms with E-state index in [4.69, 9.17) is 21.3 Å². The Morgan fingerprint density at radius 2 is 2.15 bits per heavy atom. The summed E-state index contributed by atoms with van der Waals surface area (Å²) in [5.74, 6) is 1.62. The molecule has 142 valence electrons. The first kappa shape index (κ1) is 20.1. The second-order valence-corrected chi connectivity index (χ2v) is 6.61. The molecule has 1 N–H and O–H groups in total. The Balaban J connectivity index is 1.96. The lowest BCUT2D eigenvalue weighted by Gasteiger charge is -2.22. The summed E-state index contributed by atoms with van der Waals surface area (Å²) < 4.78 is 7.67. The molecule has 6 nitrogen and oxygen atoms in total. The van der Waals surface area contributed by atoms with Gasteiger partial charge in [0.15, 0.2) is 5.96 Å². The van der Waals surface area contributed by atoms with Gasteiger partial charge in [-0.15, -0.1) is 0 Å². The molecule has 0 aliphatic rings. The van der Waals surface area contributed by atoms with Gasteiger partial charge in [0.2, 0.25) is 0 Å². The van der Waals surface area contributed by atoms with Crippen molar-refractivity contribution in [3.63, 3.8) is 0 Å². The SMILES string of the molecule is CCNC(=NCc1c(C)nn(C)c1C)N(C)CCOc1cccc(Cl)c1. The molecule has 0 spiro atoms. The molecule has 1 aromatic carbocycles. The fourth-order valence-electron chi connectivity index (χ4n) is 2.63. The normalized spacial score (nSPS) is 11.5. The van der Waals surface area contributed by atoms with Crippen LogP contribution in [0.4, 0.5) is 0 Å². The van der Waals surface area contributed by atoms with E-state index in [1.54, 1.807) is 0 Å².